The second-order valence-corrected chi connectivity index (χ2v) is 4.41. The Morgan fingerprint density at radius 1 is 1.24 bits per heavy atom. The lowest BCUT2D eigenvalue weighted by molar-refractivity contribution is 0.229. The summed E-state index contributed by atoms with van der Waals surface area (Å²) < 4.78 is 0. The third kappa shape index (κ3) is 2.58. The molecule has 4 nitrogen and oxygen atoms in total. The molecule has 0 unspecified atom stereocenters. The number of carbonyl (C=O) groups is 1. The Morgan fingerprint density at radius 3 is 2.47 bits per heavy atom. The van der Waals surface area contributed by atoms with Crippen molar-refractivity contribution in [3.8, 4) is 0 Å². The Labute approximate surface area is 102 Å². The van der Waals surface area contributed by atoms with Crippen LogP contribution in [-0.4, -0.2) is 37.6 Å². The minimum atomic E-state index is 0.0831. The molecule has 1 saturated heterocycles. The van der Waals surface area contributed by atoms with Gasteiger partial charge in [-0.05, 0) is 37.1 Å². The number of urea groups is 1. The van der Waals surface area contributed by atoms with E-state index in [0.717, 1.165) is 38.2 Å². The van der Waals surface area contributed by atoms with E-state index >= 15 is 0 Å². The maximum Gasteiger partial charge on any atom is 0.324 e. The van der Waals surface area contributed by atoms with Crippen molar-refractivity contribution in [3.63, 3.8) is 0 Å². The number of benzene rings is 1. The van der Waals surface area contributed by atoms with Crippen LogP contribution in [-0.2, 0) is 6.42 Å². The third-order valence-electron chi connectivity index (χ3n) is 3.13. The van der Waals surface area contributed by atoms with Gasteiger partial charge < -0.3 is 10.6 Å². The van der Waals surface area contributed by atoms with Crippen molar-refractivity contribution in [3.05, 3.63) is 29.8 Å². The van der Waals surface area contributed by atoms with E-state index in [1.165, 1.54) is 5.56 Å². The number of nitrogens with two attached hydrogens (primary N) is 1. The molecule has 2 N–H and O–H groups in total. The molecule has 2 rings (SSSR count). The zero-order valence-electron chi connectivity index (χ0n) is 10.2. The molecular weight excluding hydrogens is 214 g/mol. The van der Waals surface area contributed by atoms with Gasteiger partial charge in [-0.15, -0.1) is 0 Å². The van der Waals surface area contributed by atoms with Crippen molar-refractivity contribution in [1.82, 2.24) is 4.90 Å². The van der Waals surface area contributed by atoms with Gasteiger partial charge in [0, 0.05) is 25.8 Å². The summed E-state index contributed by atoms with van der Waals surface area (Å²) in [5.41, 5.74) is 7.74. The van der Waals surface area contributed by atoms with Crippen LogP contribution >= 0.6 is 0 Å². The van der Waals surface area contributed by atoms with Crippen molar-refractivity contribution in [2.45, 2.75) is 12.8 Å². The average Bonchev–Trinajstić information content (AvgIpc) is 2.68. The standard InChI is InChI=1S/C13H19N3O/c1-15-9-10-16(13(15)17)12-6-4-11(5-7-12)3-2-8-14/h4-7H,2-3,8-10,14H2,1H3. The van der Waals surface area contributed by atoms with Crippen LogP contribution in [0.4, 0.5) is 10.5 Å². The predicted molar refractivity (Wildman–Crippen MR) is 69.2 cm³/mol. The van der Waals surface area contributed by atoms with Crippen molar-refractivity contribution >= 4 is 11.7 Å². The first-order valence-electron chi connectivity index (χ1n) is 6.04. The molecule has 17 heavy (non-hydrogen) atoms. The van der Waals surface area contributed by atoms with Crippen LogP contribution in [0.5, 0.6) is 0 Å². The zero-order valence-corrected chi connectivity index (χ0v) is 10.2. The fourth-order valence-corrected chi connectivity index (χ4v) is 2.04. The number of nitrogens with zero attached hydrogens (tertiary/aromatic N) is 2. The van der Waals surface area contributed by atoms with E-state index < -0.39 is 0 Å². The maximum absolute atomic E-state index is 11.8. The quantitative estimate of drug-likeness (QED) is 0.855. The van der Waals surface area contributed by atoms with Crippen molar-refractivity contribution in [2.24, 2.45) is 5.73 Å². The molecule has 1 aliphatic heterocycles. The fraction of sp³-hybridized carbons (Fsp3) is 0.462. The highest BCUT2D eigenvalue weighted by Crippen LogP contribution is 2.20. The molecule has 1 aliphatic rings. The number of hydrogen-bond acceptors (Lipinski definition) is 2. The van der Waals surface area contributed by atoms with Gasteiger partial charge in [-0.25, -0.2) is 4.79 Å². The first-order valence-corrected chi connectivity index (χ1v) is 6.04. The highest BCUT2D eigenvalue weighted by Gasteiger charge is 2.26. The maximum atomic E-state index is 11.8. The highest BCUT2D eigenvalue weighted by atomic mass is 16.2. The van der Waals surface area contributed by atoms with Gasteiger partial charge in [0.2, 0.25) is 0 Å². The minimum Gasteiger partial charge on any atom is -0.330 e. The molecule has 1 heterocycles. The van der Waals surface area contributed by atoms with Gasteiger partial charge in [0.05, 0.1) is 0 Å². The highest BCUT2D eigenvalue weighted by molar-refractivity contribution is 5.93. The topological polar surface area (TPSA) is 49.6 Å². The fourth-order valence-electron chi connectivity index (χ4n) is 2.04. The van der Waals surface area contributed by atoms with E-state index in [4.69, 9.17) is 5.73 Å². The van der Waals surface area contributed by atoms with Gasteiger partial charge in [0.15, 0.2) is 0 Å². The number of aryl methyl sites for hydroxylation is 1. The molecule has 0 bridgehead atoms. The van der Waals surface area contributed by atoms with E-state index in [1.807, 2.05) is 24.1 Å². The van der Waals surface area contributed by atoms with Crippen LogP contribution in [0, 0.1) is 0 Å². The molecular formula is C13H19N3O. The van der Waals surface area contributed by atoms with E-state index in [2.05, 4.69) is 12.1 Å². The van der Waals surface area contributed by atoms with Gasteiger partial charge in [0.25, 0.3) is 0 Å². The monoisotopic (exact) mass is 233 g/mol. The number of carbonyl (C=O) groups excluding carboxylic acids is 1. The van der Waals surface area contributed by atoms with Crippen LogP contribution in [0.1, 0.15) is 12.0 Å². The second-order valence-electron chi connectivity index (χ2n) is 4.41. The molecule has 1 aromatic rings. The Hall–Kier alpha value is -1.55. The second kappa shape index (κ2) is 5.19. The van der Waals surface area contributed by atoms with Crippen LogP contribution < -0.4 is 10.6 Å². The van der Waals surface area contributed by atoms with Crippen molar-refractivity contribution in [1.29, 1.82) is 0 Å². The Kier molecular flexibility index (Phi) is 3.64. The lowest BCUT2D eigenvalue weighted by Crippen LogP contribution is -2.29. The van der Waals surface area contributed by atoms with Gasteiger partial charge in [-0.2, -0.15) is 0 Å². The van der Waals surface area contributed by atoms with E-state index in [9.17, 15) is 4.79 Å². The van der Waals surface area contributed by atoms with Crippen molar-refractivity contribution < 1.29 is 4.79 Å². The molecule has 0 aromatic heterocycles. The summed E-state index contributed by atoms with van der Waals surface area (Å²) in [6.45, 7) is 2.29. The van der Waals surface area contributed by atoms with E-state index in [0.29, 0.717) is 0 Å². The molecule has 1 aromatic carbocycles. The van der Waals surface area contributed by atoms with Gasteiger partial charge in [0.1, 0.15) is 0 Å². The molecule has 4 heteroatoms. The molecule has 1 fully saturated rings. The van der Waals surface area contributed by atoms with Crippen LogP contribution in [0.3, 0.4) is 0 Å². The summed E-state index contributed by atoms with van der Waals surface area (Å²) in [7, 11) is 1.83. The summed E-state index contributed by atoms with van der Waals surface area (Å²) in [5, 5.41) is 0. The van der Waals surface area contributed by atoms with Crippen LogP contribution in [0.15, 0.2) is 24.3 Å². The van der Waals surface area contributed by atoms with Gasteiger partial charge in [-0.1, -0.05) is 12.1 Å². The largest absolute Gasteiger partial charge is 0.330 e. The summed E-state index contributed by atoms with van der Waals surface area (Å²) in [6, 6.07) is 8.28. The Bertz CT molecular complexity index is 388. The number of likely N-dealkylation sites (N-methyl/N-ethyl adjacent to an activating group) is 1. The SMILES string of the molecule is CN1CCN(c2ccc(CCCN)cc2)C1=O. The number of rotatable bonds is 4. The number of anilines is 1. The minimum absolute atomic E-state index is 0.0831. The molecule has 0 saturated carbocycles. The van der Waals surface area contributed by atoms with Gasteiger partial charge in [-0.3, -0.25) is 4.90 Å². The summed E-state index contributed by atoms with van der Waals surface area (Å²) in [4.78, 5) is 15.3. The first kappa shape index (κ1) is 11.9. The Morgan fingerprint density at radius 2 is 1.94 bits per heavy atom. The zero-order chi connectivity index (χ0) is 12.3. The molecule has 0 spiro atoms. The lowest BCUT2D eigenvalue weighted by atomic mass is 10.1. The predicted octanol–water partition coefficient (Wildman–Crippen LogP) is 1.45. The summed E-state index contributed by atoms with van der Waals surface area (Å²) >= 11 is 0. The summed E-state index contributed by atoms with van der Waals surface area (Å²) in [6.07, 6.45) is 2.01. The van der Waals surface area contributed by atoms with Crippen molar-refractivity contribution in [2.75, 3.05) is 31.6 Å². The van der Waals surface area contributed by atoms with E-state index in [1.54, 1.807) is 4.90 Å². The first-order chi connectivity index (χ1) is 8.22. The normalized spacial score (nSPS) is 15.8. The lowest BCUT2D eigenvalue weighted by Gasteiger charge is -2.16. The average molecular weight is 233 g/mol. The molecule has 0 aliphatic carbocycles. The molecule has 0 radical (unpaired) electrons. The number of hydrogen-bond donors (Lipinski definition) is 1. The third-order valence-corrected chi connectivity index (χ3v) is 3.13. The molecule has 0 atom stereocenters. The van der Waals surface area contributed by atoms with Gasteiger partial charge >= 0.3 is 6.03 Å². The summed E-state index contributed by atoms with van der Waals surface area (Å²) in [5.74, 6) is 0. The molecule has 92 valence electrons. The van der Waals surface area contributed by atoms with Crippen LogP contribution in [0.25, 0.3) is 0 Å². The number of amides is 2. The van der Waals surface area contributed by atoms with E-state index in [-0.39, 0.29) is 6.03 Å². The Balaban J connectivity index is 2.05. The molecule has 2 amide bonds. The van der Waals surface area contributed by atoms with Crippen LogP contribution in [0.2, 0.25) is 0 Å². The smallest absolute Gasteiger partial charge is 0.324 e.